The van der Waals surface area contributed by atoms with E-state index >= 15 is 4.39 Å². The van der Waals surface area contributed by atoms with Crippen LogP contribution in [0.15, 0.2) is 42.7 Å². The zero-order valence-electron chi connectivity index (χ0n) is 22.7. The molecule has 10 nitrogen and oxygen atoms in total. The number of amides is 1. The molecule has 3 aliphatic rings. The lowest BCUT2D eigenvalue weighted by Gasteiger charge is -2.44. The molecule has 4 atom stereocenters. The van der Waals surface area contributed by atoms with Gasteiger partial charge in [0.15, 0.2) is 6.79 Å². The van der Waals surface area contributed by atoms with Crippen molar-refractivity contribution >= 4 is 11.9 Å². The fourth-order valence-electron chi connectivity index (χ4n) is 6.16. The van der Waals surface area contributed by atoms with Crippen LogP contribution in [-0.2, 0) is 4.74 Å². The van der Waals surface area contributed by atoms with Crippen molar-refractivity contribution in [3.05, 3.63) is 48.7 Å². The highest BCUT2D eigenvalue weighted by Crippen LogP contribution is 2.44. The molecule has 6 rings (SSSR count). The second kappa shape index (κ2) is 11.1. The summed E-state index contributed by atoms with van der Waals surface area (Å²) < 4.78 is 45.9. The molecule has 1 amide bonds. The van der Waals surface area contributed by atoms with Crippen LogP contribution in [0, 0.1) is 5.95 Å². The quantitative estimate of drug-likeness (QED) is 0.284. The number of anilines is 1. The van der Waals surface area contributed by atoms with E-state index in [9.17, 15) is 14.3 Å². The summed E-state index contributed by atoms with van der Waals surface area (Å²) in [6.07, 6.45) is 4.43. The largest absolute Gasteiger partial charge is 0.481 e. The molecule has 2 aliphatic heterocycles. The lowest BCUT2D eigenvalue weighted by atomic mass is 9.94. The van der Waals surface area contributed by atoms with Crippen LogP contribution < -0.4 is 14.4 Å². The average Bonchev–Trinajstić information content (AvgIpc) is 3.75. The third-order valence-electron chi connectivity index (χ3n) is 8.12. The highest BCUT2D eigenvalue weighted by molar-refractivity contribution is 5.75. The number of halogens is 2. The highest BCUT2D eigenvalue weighted by atomic mass is 19.1. The molecule has 2 saturated heterocycles. The molecule has 3 fully saturated rings. The molecule has 1 saturated carbocycles. The summed E-state index contributed by atoms with van der Waals surface area (Å²) in [4.78, 5) is 28.1. The van der Waals surface area contributed by atoms with Crippen LogP contribution in [-0.4, -0.2) is 82.4 Å². The van der Waals surface area contributed by atoms with Crippen molar-refractivity contribution in [2.75, 3.05) is 25.9 Å². The van der Waals surface area contributed by atoms with Crippen molar-refractivity contribution in [1.82, 2.24) is 19.9 Å². The van der Waals surface area contributed by atoms with Crippen molar-refractivity contribution in [1.29, 1.82) is 0 Å². The number of ether oxygens (including phenoxy) is 3. The molecule has 0 spiro atoms. The maximum absolute atomic E-state index is 15.8. The van der Waals surface area contributed by atoms with Crippen molar-refractivity contribution in [2.24, 2.45) is 0 Å². The number of benzene rings is 1. The van der Waals surface area contributed by atoms with Crippen LogP contribution in [0.3, 0.4) is 0 Å². The monoisotopic (exact) mass is 567 g/mol. The van der Waals surface area contributed by atoms with E-state index in [1.54, 1.807) is 24.5 Å². The molecule has 0 radical (unpaired) electrons. The zero-order valence-corrected chi connectivity index (χ0v) is 22.7. The van der Waals surface area contributed by atoms with Crippen LogP contribution in [0.5, 0.6) is 11.6 Å². The molecule has 2 bridgehead atoms. The van der Waals surface area contributed by atoms with Gasteiger partial charge in [-0.05, 0) is 55.4 Å². The first-order chi connectivity index (χ1) is 19.9. The summed E-state index contributed by atoms with van der Waals surface area (Å²) in [5.41, 5.74) is 2.44. The lowest BCUT2D eigenvalue weighted by molar-refractivity contribution is 0.0475. The van der Waals surface area contributed by atoms with Gasteiger partial charge >= 0.3 is 6.09 Å². The Kier molecular flexibility index (Phi) is 7.33. The van der Waals surface area contributed by atoms with Crippen LogP contribution >= 0.6 is 0 Å². The number of aromatic nitrogens is 3. The van der Waals surface area contributed by atoms with Gasteiger partial charge in [-0.3, -0.25) is 9.88 Å². The standard InChI is InChI=1S/C29H31F2N5O5/c1-39-15-41-24-9-16(17-10-25(30)34-27(11-17)40-2)3-7-20(24)21-13-33-26(14-32-21)35(18-4-5-18)23-12-19-6-8-22(28(23)31)36(19)29(37)38/h3,7,9-11,13-14,18-19,22-23,28H,4-6,8,12,15H2,1-2H3,(H,37,38)/t19-,22+,23-,28+/m1/s1. The minimum atomic E-state index is -1.30. The fraction of sp³-hybridized carbons (Fsp3) is 0.448. The number of hydrogen-bond donors (Lipinski definition) is 1. The van der Waals surface area contributed by atoms with Crippen molar-refractivity contribution in [2.45, 2.75) is 62.4 Å². The summed E-state index contributed by atoms with van der Waals surface area (Å²) in [5.74, 6) is 0.523. The number of alkyl halides is 1. The first kappa shape index (κ1) is 27.1. The molecule has 3 aromatic rings. The van der Waals surface area contributed by atoms with Gasteiger partial charge in [-0.15, -0.1) is 0 Å². The molecule has 4 heterocycles. The number of hydrogen-bond acceptors (Lipinski definition) is 8. The van der Waals surface area contributed by atoms with Gasteiger partial charge in [0, 0.05) is 36.9 Å². The SMILES string of the molecule is COCOc1cc(-c2cc(F)nc(OC)c2)ccc1-c1cnc(N(C2CC2)[C@@H]2C[C@H]3CC[C@@H]([C@@H]2F)N3C(=O)O)cn1. The first-order valence-corrected chi connectivity index (χ1v) is 13.6. The number of rotatable bonds is 9. The number of methoxy groups -OCH3 is 2. The van der Waals surface area contributed by atoms with Crippen LogP contribution in [0.4, 0.5) is 19.4 Å². The van der Waals surface area contributed by atoms with Gasteiger partial charge in [0.2, 0.25) is 11.8 Å². The Balaban J connectivity index is 1.29. The maximum Gasteiger partial charge on any atom is 0.407 e. The molecule has 41 heavy (non-hydrogen) atoms. The molecule has 216 valence electrons. The fourth-order valence-corrected chi connectivity index (χ4v) is 6.16. The van der Waals surface area contributed by atoms with Crippen molar-refractivity contribution in [3.8, 4) is 34.0 Å². The predicted molar refractivity (Wildman–Crippen MR) is 145 cm³/mol. The van der Waals surface area contributed by atoms with Gasteiger partial charge in [-0.2, -0.15) is 9.37 Å². The minimum Gasteiger partial charge on any atom is -0.481 e. The Labute approximate surface area is 235 Å². The van der Waals surface area contributed by atoms with Crippen LogP contribution in [0.1, 0.15) is 32.1 Å². The van der Waals surface area contributed by atoms with Gasteiger partial charge < -0.3 is 24.2 Å². The molecular weight excluding hydrogens is 536 g/mol. The summed E-state index contributed by atoms with van der Waals surface area (Å²) in [7, 11) is 2.93. The third kappa shape index (κ3) is 5.23. The van der Waals surface area contributed by atoms with E-state index in [4.69, 9.17) is 19.2 Å². The van der Waals surface area contributed by atoms with Crippen molar-refractivity contribution < 1.29 is 32.9 Å². The average molecular weight is 568 g/mol. The van der Waals surface area contributed by atoms with Gasteiger partial charge in [-0.25, -0.2) is 14.2 Å². The third-order valence-corrected chi connectivity index (χ3v) is 8.12. The van der Waals surface area contributed by atoms with E-state index in [0.29, 0.717) is 53.2 Å². The molecule has 1 aromatic carbocycles. The lowest BCUT2D eigenvalue weighted by Crippen LogP contribution is -2.60. The van der Waals surface area contributed by atoms with E-state index in [2.05, 4.69) is 9.97 Å². The Morgan fingerprint density at radius 1 is 1.10 bits per heavy atom. The summed E-state index contributed by atoms with van der Waals surface area (Å²) in [5, 5.41) is 9.61. The Bertz CT molecular complexity index is 1420. The van der Waals surface area contributed by atoms with Crippen molar-refractivity contribution in [3.63, 3.8) is 0 Å². The second-order valence-electron chi connectivity index (χ2n) is 10.6. The number of nitrogens with zero attached hydrogens (tertiary/aromatic N) is 5. The molecule has 12 heteroatoms. The molecule has 1 N–H and O–H groups in total. The predicted octanol–water partition coefficient (Wildman–Crippen LogP) is 4.93. The van der Waals surface area contributed by atoms with E-state index in [-0.39, 0.29) is 24.8 Å². The van der Waals surface area contributed by atoms with Gasteiger partial charge in [0.05, 0.1) is 37.3 Å². The smallest absolute Gasteiger partial charge is 0.407 e. The van der Waals surface area contributed by atoms with Crippen LogP contribution in [0.2, 0.25) is 0 Å². The molecular formula is C29H31F2N5O5. The van der Waals surface area contributed by atoms with E-state index in [1.165, 1.54) is 25.2 Å². The van der Waals surface area contributed by atoms with Gasteiger partial charge in [0.1, 0.15) is 17.7 Å². The summed E-state index contributed by atoms with van der Waals surface area (Å²) >= 11 is 0. The van der Waals surface area contributed by atoms with Crippen LogP contribution in [0.25, 0.3) is 22.4 Å². The minimum absolute atomic E-state index is 0.0132. The number of fused-ring (bicyclic) bond motifs is 2. The molecule has 1 aliphatic carbocycles. The number of carboxylic acid groups (broad SMARTS) is 1. The molecule has 0 unspecified atom stereocenters. The maximum atomic E-state index is 15.8. The number of carbonyl (C=O) groups is 1. The zero-order chi connectivity index (χ0) is 28.7. The Morgan fingerprint density at radius 2 is 1.93 bits per heavy atom. The van der Waals surface area contributed by atoms with E-state index in [1.807, 2.05) is 17.0 Å². The summed E-state index contributed by atoms with van der Waals surface area (Å²) in [6.45, 7) is -0.0132. The van der Waals surface area contributed by atoms with Gasteiger partial charge in [0.25, 0.3) is 0 Å². The van der Waals surface area contributed by atoms with E-state index in [0.717, 1.165) is 12.8 Å². The normalized spacial score (nSPS) is 23.4. The second-order valence-corrected chi connectivity index (χ2v) is 10.6. The number of pyridine rings is 1. The number of piperidine rings is 1. The Morgan fingerprint density at radius 3 is 2.61 bits per heavy atom. The Hall–Kier alpha value is -4.06. The first-order valence-electron chi connectivity index (χ1n) is 13.6. The topological polar surface area (TPSA) is 110 Å². The summed E-state index contributed by atoms with van der Waals surface area (Å²) in [6, 6.07) is 7.22. The molecule has 2 aromatic heterocycles. The van der Waals surface area contributed by atoms with E-state index < -0.39 is 30.3 Å². The highest BCUT2D eigenvalue weighted by Gasteiger charge is 2.53. The van der Waals surface area contributed by atoms with Gasteiger partial charge in [-0.1, -0.05) is 6.07 Å².